The number of likely N-dealkylation sites (N-methyl/N-ethyl adjacent to an activating group) is 1. The Morgan fingerprint density at radius 2 is 1.82 bits per heavy atom. The van der Waals surface area contributed by atoms with E-state index in [4.69, 9.17) is 5.11 Å². The van der Waals surface area contributed by atoms with Crippen molar-refractivity contribution in [2.24, 2.45) is 0 Å². The Kier molecular flexibility index (Phi) is 7.21. The third kappa shape index (κ3) is 6.03. The lowest BCUT2D eigenvalue weighted by Gasteiger charge is -2.25. The second-order valence-electron chi connectivity index (χ2n) is 4.85. The molecule has 0 aliphatic carbocycles. The molecular formula is C13H26N2O2. The van der Waals surface area contributed by atoms with Gasteiger partial charge in [-0.3, -0.25) is 4.79 Å². The molecule has 17 heavy (non-hydrogen) atoms. The topological polar surface area (TPSA) is 52.6 Å². The molecule has 1 saturated heterocycles. The fourth-order valence-electron chi connectivity index (χ4n) is 2.41. The summed E-state index contributed by atoms with van der Waals surface area (Å²) in [6.07, 6.45) is 7.25. The van der Waals surface area contributed by atoms with E-state index >= 15 is 0 Å². The summed E-state index contributed by atoms with van der Waals surface area (Å²) >= 11 is 0. The van der Waals surface area contributed by atoms with Crippen molar-refractivity contribution >= 4 is 5.97 Å². The first-order chi connectivity index (χ1) is 8.24. The minimum Gasteiger partial charge on any atom is -0.480 e. The van der Waals surface area contributed by atoms with Crippen LogP contribution in [0.3, 0.4) is 0 Å². The number of hydrogen-bond acceptors (Lipinski definition) is 3. The van der Waals surface area contributed by atoms with Gasteiger partial charge < -0.3 is 15.3 Å². The average molecular weight is 242 g/mol. The van der Waals surface area contributed by atoms with Crippen LogP contribution in [-0.2, 0) is 4.79 Å². The minimum absolute atomic E-state index is 0.384. The summed E-state index contributed by atoms with van der Waals surface area (Å²) in [5, 5.41) is 12.1. The van der Waals surface area contributed by atoms with Crippen LogP contribution in [-0.4, -0.2) is 48.2 Å². The number of rotatable bonds is 6. The van der Waals surface area contributed by atoms with Gasteiger partial charge in [-0.05, 0) is 38.9 Å². The number of aliphatic carboxylic acids is 1. The number of carboxylic acids is 1. The van der Waals surface area contributed by atoms with E-state index in [1.54, 1.807) is 0 Å². The molecule has 0 aromatic rings. The zero-order valence-corrected chi connectivity index (χ0v) is 11.0. The number of hydrogen-bond donors (Lipinski definition) is 2. The molecule has 1 fully saturated rings. The SMILES string of the molecule is CCNC(CCN1CCCCCCC1)C(=O)O. The molecule has 0 radical (unpaired) electrons. The molecule has 1 aliphatic heterocycles. The Morgan fingerprint density at radius 3 is 2.35 bits per heavy atom. The molecule has 1 aliphatic rings. The fourth-order valence-corrected chi connectivity index (χ4v) is 2.41. The lowest BCUT2D eigenvalue weighted by molar-refractivity contribution is -0.139. The summed E-state index contributed by atoms with van der Waals surface area (Å²) in [5.41, 5.74) is 0. The van der Waals surface area contributed by atoms with Crippen molar-refractivity contribution in [2.45, 2.75) is 51.5 Å². The van der Waals surface area contributed by atoms with Gasteiger partial charge in [0.1, 0.15) is 6.04 Å². The highest BCUT2D eigenvalue weighted by Crippen LogP contribution is 2.11. The van der Waals surface area contributed by atoms with Crippen molar-refractivity contribution in [2.75, 3.05) is 26.2 Å². The van der Waals surface area contributed by atoms with Crippen molar-refractivity contribution in [3.8, 4) is 0 Å². The van der Waals surface area contributed by atoms with Gasteiger partial charge >= 0.3 is 5.97 Å². The zero-order chi connectivity index (χ0) is 12.5. The van der Waals surface area contributed by atoms with Crippen molar-refractivity contribution in [1.29, 1.82) is 0 Å². The quantitative estimate of drug-likeness (QED) is 0.744. The predicted octanol–water partition coefficient (Wildman–Crippen LogP) is 1.71. The minimum atomic E-state index is -0.723. The zero-order valence-electron chi connectivity index (χ0n) is 11.0. The Hall–Kier alpha value is -0.610. The molecule has 0 amide bonds. The Morgan fingerprint density at radius 1 is 1.24 bits per heavy atom. The maximum Gasteiger partial charge on any atom is 0.320 e. The highest BCUT2D eigenvalue weighted by molar-refractivity contribution is 5.73. The van der Waals surface area contributed by atoms with Crippen LogP contribution in [0.4, 0.5) is 0 Å². The van der Waals surface area contributed by atoms with Gasteiger partial charge in [-0.1, -0.05) is 26.2 Å². The van der Waals surface area contributed by atoms with Gasteiger partial charge in [0, 0.05) is 6.54 Å². The van der Waals surface area contributed by atoms with Gasteiger partial charge in [0.15, 0.2) is 0 Å². The molecule has 100 valence electrons. The van der Waals surface area contributed by atoms with E-state index in [1.807, 2.05) is 6.92 Å². The fraction of sp³-hybridized carbons (Fsp3) is 0.923. The van der Waals surface area contributed by atoms with Crippen molar-refractivity contribution in [3.63, 3.8) is 0 Å². The van der Waals surface area contributed by atoms with Crippen molar-refractivity contribution in [3.05, 3.63) is 0 Å². The molecule has 1 unspecified atom stereocenters. The summed E-state index contributed by atoms with van der Waals surface area (Å²) in [6, 6.07) is -0.384. The first kappa shape index (κ1) is 14.5. The first-order valence-corrected chi connectivity index (χ1v) is 6.92. The van der Waals surface area contributed by atoms with Gasteiger partial charge in [-0.2, -0.15) is 0 Å². The number of nitrogens with zero attached hydrogens (tertiary/aromatic N) is 1. The summed E-state index contributed by atoms with van der Waals surface area (Å²) < 4.78 is 0. The van der Waals surface area contributed by atoms with E-state index in [2.05, 4.69) is 10.2 Å². The van der Waals surface area contributed by atoms with Crippen molar-refractivity contribution in [1.82, 2.24) is 10.2 Å². The molecule has 1 atom stereocenters. The molecule has 0 spiro atoms. The van der Waals surface area contributed by atoms with E-state index in [-0.39, 0.29) is 6.04 Å². The van der Waals surface area contributed by atoms with Crippen LogP contribution in [0, 0.1) is 0 Å². The molecule has 0 aromatic carbocycles. The standard InChI is InChI=1S/C13H26N2O2/c1-2-14-12(13(16)17)8-11-15-9-6-4-3-5-7-10-15/h12,14H,2-11H2,1H3,(H,16,17). The predicted molar refractivity (Wildman–Crippen MR) is 69.2 cm³/mol. The van der Waals surface area contributed by atoms with Crippen LogP contribution in [0.1, 0.15) is 45.4 Å². The number of likely N-dealkylation sites (tertiary alicyclic amines) is 1. The van der Waals surface area contributed by atoms with Crippen LogP contribution in [0.5, 0.6) is 0 Å². The van der Waals surface area contributed by atoms with E-state index in [1.165, 1.54) is 32.1 Å². The summed E-state index contributed by atoms with van der Waals surface area (Å²) in [7, 11) is 0. The van der Waals surface area contributed by atoms with Gasteiger partial charge in [-0.25, -0.2) is 0 Å². The maximum absolute atomic E-state index is 11.0. The van der Waals surface area contributed by atoms with E-state index in [9.17, 15) is 4.79 Å². The van der Waals surface area contributed by atoms with Crippen molar-refractivity contribution < 1.29 is 9.90 Å². The second-order valence-corrected chi connectivity index (χ2v) is 4.85. The third-order valence-corrected chi connectivity index (χ3v) is 3.43. The lowest BCUT2D eigenvalue weighted by Crippen LogP contribution is -2.40. The Balaban J connectivity index is 2.27. The monoisotopic (exact) mass is 242 g/mol. The smallest absolute Gasteiger partial charge is 0.320 e. The molecular weight excluding hydrogens is 216 g/mol. The highest BCUT2D eigenvalue weighted by atomic mass is 16.4. The lowest BCUT2D eigenvalue weighted by atomic mass is 10.1. The molecule has 4 nitrogen and oxygen atoms in total. The van der Waals surface area contributed by atoms with Gasteiger partial charge in [0.2, 0.25) is 0 Å². The normalized spacial score (nSPS) is 20.5. The van der Waals surface area contributed by atoms with Gasteiger partial charge in [-0.15, -0.1) is 0 Å². The molecule has 1 rings (SSSR count). The maximum atomic E-state index is 11.0. The van der Waals surface area contributed by atoms with E-state index < -0.39 is 5.97 Å². The third-order valence-electron chi connectivity index (χ3n) is 3.43. The first-order valence-electron chi connectivity index (χ1n) is 6.92. The molecule has 4 heteroatoms. The molecule has 0 saturated carbocycles. The van der Waals surface area contributed by atoms with Crippen LogP contribution in [0.2, 0.25) is 0 Å². The van der Waals surface area contributed by atoms with Crippen LogP contribution in [0.15, 0.2) is 0 Å². The second kappa shape index (κ2) is 8.48. The molecule has 1 heterocycles. The van der Waals surface area contributed by atoms with Crippen LogP contribution >= 0.6 is 0 Å². The summed E-state index contributed by atoms with van der Waals surface area (Å²) in [6.45, 7) is 5.85. The largest absolute Gasteiger partial charge is 0.480 e. The molecule has 2 N–H and O–H groups in total. The van der Waals surface area contributed by atoms with Crippen LogP contribution in [0.25, 0.3) is 0 Å². The average Bonchev–Trinajstić information content (AvgIpc) is 2.25. The summed E-state index contributed by atoms with van der Waals surface area (Å²) in [4.78, 5) is 13.4. The van der Waals surface area contributed by atoms with Gasteiger partial charge in [0.05, 0.1) is 0 Å². The number of carbonyl (C=O) groups is 1. The molecule has 0 bridgehead atoms. The number of carboxylic acid groups (broad SMARTS) is 1. The highest BCUT2D eigenvalue weighted by Gasteiger charge is 2.17. The molecule has 0 aromatic heterocycles. The van der Waals surface area contributed by atoms with E-state index in [0.717, 1.165) is 26.2 Å². The Bertz CT molecular complexity index is 213. The Labute approximate surface area is 104 Å². The summed E-state index contributed by atoms with van der Waals surface area (Å²) in [5.74, 6) is -0.723. The van der Waals surface area contributed by atoms with Crippen LogP contribution < -0.4 is 5.32 Å². The van der Waals surface area contributed by atoms with E-state index in [0.29, 0.717) is 6.42 Å². The van der Waals surface area contributed by atoms with Gasteiger partial charge in [0.25, 0.3) is 0 Å². The number of nitrogens with one attached hydrogen (secondary N) is 1.